The number of ether oxygens (including phenoxy) is 4. The fourth-order valence-electron chi connectivity index (χ4n) is 13.8. The molecule has 15 heteroatoms. The molecule has 0 radical (unpaired) electrons. The van der Waals surface area contributed by atoms with Crippen LogP contribution in [-0.4, -0.2) is 149 Å². The third kappa shape index (κ3) is 6.18. The molecule has 7 aliphatic rings. The number of aliphatic hydroxyl groups is 10. The SMILES string of the molecule is C[C@@H]1CC[C@]2(C(=O)O[C@@H]3O[C@H](CO)[C@@H](O)[C@H](O)[C@H]3O[C@@H]3O[C@H](CO)[C@@H](O)[C@H](O)[C@H]3O)CC[C@]3(C)C(=CC[C@@H]4[C@@]5(C)C[C@@H](O)[C@@H](O)C(C)(C)[C@@H]5CC[C@]43C)[C@@H]2[C@]1(C)O. The van der Waals surface area contributed by atoms with E-state index in [4.69, 9.17) is 18.9 Å². The lowest BCUT2D eigenvalue weighted by molar-refractivity contribution is -0.364. The fraction of sp³-hybridized carbons (Fsp3) is 0.929. The first-order valence-corrected chi connectivity index (χ1v) is 21.1. The van der Waals surface area contributed by atoms with E-state index in [-0.39, 0.29) is 28.6 Å². The highest BCUT2D eigenvalue weighted by atomic mass is 16.8. The molecule has 10 N–H and O–H groups in total. The van der Waals surface area contributed by atoms with Gasteiger partial charge in [-0.15, -0.1) is 0 Å². The normalized spacial score (nSPS) is 56.0. The predicted molar refractivity (Wildman–Crippen MR) is 200 cm³/mol. The van der Waals surface area contributed by atoms with Gasteiger partial charge in [0.1, 0.15) is 42.7 Å². The lowest BCUT2D eigenvalue weighted by atomic mass is 9.33. The number of allylic oxidation sites excluding steroid dienone is 1. The molecule has 0 aromatic heterocycles. The van der Waals surface area contributed by atoms with Gasteiger partial charge >= 0.3 is 5.97 Å². The summed E-state index contributed by atoms with van der Waals surface area (Å²) in [5, 5.41) is 108. The Balaban J connectivity index is 1.24. The van der Waals surface area contributed by atoms with Crippen molar-refractivity contribution in [2.75, 3.05) is 13.2 Å². The van der Waals surface area contributed by atoms with E-state index in [0.717, 1.165) is 18.4 Å². The van der Waals surface area contributed by atoms with E-state index in [2.05, 4.69) is 40.7 Å². The van der Waals surface area contributed by atoms with Crippen molar-refractivity contribution in [3.05, 3.63) is 11.6 Å². The van der Waals surface area contributed by atoms with Gasteiger partial charge in [0.2, 0.25) is 6.29 Å². The standard InChI is InChI=1S/C42H68O15/c1-19-10-13-42(36(52)57-35-31(29(49)27(47)23(18-44)55-35)56-34-30(50)28(48)26(46)22(17-43)54-34)15-14-39(5)20(32(42)41(19,7)53)8-9-25-38(4)16-21(45)33(51)37(2,3)24(38)11-12-40(25,39)6/h8,19,21-35,43-51,53H,9-18H2,1-7H3/t19-,21-,22-,23-,24+,25-,26-,27-,28+,29+,30-,31-,32-,33-,34+,35+,38+,39-,40-,41-,42+/m1/s1. The van der Waals surface area contributed by atoms with Crippen LogP contribution >= 0.6 is 0 Å². The van der Waals surface area contributed by atoms with Gasteiger partial charge in [-0.25, -0.2) is 0 Å². The summed E-state index contributed by atoms with van der Waals surface area (Å²) in [6, 6.07) is 0. The van der Waals surface area contributed by atoms with Crippen molar-refractivity contribution in [3.8, 4) is 0 Å². The van der Waals surface area contributed by atoms with Gasteiger partial charge in [0.15, 0.2) is 12.4 Å². The van der Waals surface area contributed by atoms with Gasteiger partial charge in [-0.2, -0.15) is 0 Å². The van der Waals surface area contributed by atoms with Crippen LogP contribution in [0, 0.1) is 50.7 Å². The van der Waals surface area contributed by atoms with Gasteiger partial charge in [-0.3, -0.25) is 4.79 Å². The first kappa shape index (κ1) is 43.8. The van der Waals surface area contributed by atoms with Crippen LogP contribution in [0.3, 0.4) is 0 Å². The van der Waals surface area contributed by atoms with Crippen LogP contribution in [-0.2, 0) is 23.7 Å². The molecule has 7 rings (SSSR count). The minimum Gasteiger partial charge on any atom is -0.432 e. The molecular weight excluding hydrogens is 744 g/mol. The number of carbonyl (C=O) groups excluding carboxylic acids is 1. The summed E-state index contributed by atoms with van der Waals surface area (Å²) in [6.45, 7) is 13.3. The molecule has 5 aliphatic carbocycles. The van der Waals surface area contributed by atoms with Crippen molar-refractivity contribution >= 4 is 5.97 Å². The number of hydrogen-bond donors (Lipinski definition) is 10. The van der Waals surface area contributed by atoms with E-state index in [0.29, 0.717) is 38.5 Å². The van der Waals surface area contributed by atoms with Gasteiger partial charge in [0.05, 0.1) is 36.4 Å². The quantitative estimate of drug-likeness (QED) is 0.128. The van der Waals surface area contributed by atoms with E-state index in [1.165, 1.54) is 0 Å². The second kappa shape index (κ2) is 14.7. The van der Waals surface area contributed by atoms with E-state index >= 15 is 4.79 Å². The molecule has 15 nitrogen and oxygen atoms in total. The first-order valence-electron chi connectivity index (χ1n) is 21.1. The van der Waals surface area contributed by atoms with Gasteiger partial charge in [-0.05, 0) is 97.7 Å². The van der Waals surface area contributed by atoms with Crippen LogP contribution in [0.2, 0.25) is 0 Å². The van der Waals surface area contributed by atoms with E-state index in [1.807, 2.05) is 6.92 Å². The van der Waals surface area contributed by atoms with Gasteiger partial charge in [-0.1, -0.05) is 53.2 Å². The molecule has 326 valence electrons. The van der Waals surface area contributed by atoms with Crippen LogP contribution in [0.4, 0.5) is 0 Å². The molecule has 0 bridgehead atoms. The highest BCUT2D eigenvalue weighted by Crippen LogP contribution is 2.76. The lowest BCUT2D eigenvalue weighted by Gasteiger charge is -2.72. The average Bonchev–Trinajstić information content (AvgIpc) is 3.15. The first-order chi connectivity index (χ1) is 26.5. The van der Waals surface area contributed by atoms with Gasteiger partial charge < -0.3 is 70.0 Å². The van der Waals surface area contributed by atoms with Crippen molar-refractivity contribution in [3.63, 3.8) is 0 Å². The highest BCUT2D eigenvalue weighted by Gasteiger charge is 2.72. The van der Waals surface area contributed by atoms with Crippen LogP contribution in [0.15, 0.2) is 11.6 Å². The summed E-state index contributed by atoms with van der Waals surface area (Å²) >= 11 is 0. The molecule has 0 amide bonds. The predicted octanol–water partition coefficient (Wildman–Crippen LogP) is 0.258. The number of hydrogen-bond acceptors (Lipinski definition) is 15. The Morgan fingerprint density at radius 2 is 1.39 bits per heavy atom. The summed E-state index contributed by atoms with van der Waals surface area (Å²) in [7, 11) is 0. The third-order valence-electron chi connectivity index (χ3n) is 17.6. The molecule has 0 spiro atoms. The molecule has 2 heterocycles. The average molecular weight is 813 g/mol. The maximum absolute atomic E-state index is 15.1. The highest BCUT2D eigenvalue weighted by molar-refractivity contribution is 5.79. The van der Waals surface area contributed by atoms with Crippen molar-refractivity contribution in [1.82, 2.24) is 0 Å². The van der Waals surface area contributed by atoms with Crippen LogP contribution in [0.1, 0.15) is 99.8 Å². The molecular formula is C42H68O15. The van der Waals surface area contributed by atoms with Crippen LogP contribution < -0.4 is 0 Å². The smallest absolute Gasteiger partial charge is 0.315 e. The molecule has 4 saturated carbocycles. The zero-order chi connectivity index (χ0) is 42.0. The summed E-state index contributed by atoms with van der Waals surface area (Å²) in [4.78, 5) is 15.1. The zero-order valence-electron chi connectivity index (χ0n) is 34.4. The Bertz CT molecular complexity index is 1550. The molecule has 0 aromatic carbocycles. The fourth-order valence-corrected chi connectivity index (χ4v) is 13.8. The maximum atomic E-state index is 15.1. The van der Waals surface area contributed by atoms with Crippen LogP contribution in [0.5, 0.6) is 0 Å². The Hall–Kier alpha value is -1.31. The van der Waals surface area contributed by atoms with E-state index < -0.39 is 121 Å². The van der Waals surface area contributed by atoms with E-state index in [1.54, 1.807) is 6.92 Å². The largest absolute Gasteiger partial charge is 0.432 e. The Kier molecular flexibility index (Phi) is 11.3. The molecule has 2 aliphatic heterocycles. The lowest BCUT2D eigenvalue weighted by Crippen LogP contribution is -2.69. The number of fused-ring (bicyclic) bond motifs is 7. The van der Waals surface area contributed by atoms with Crippen molar-refractivity contribution < 1.29 is 74.8 Å². The number of rotatable bonds is 6. The third-order valence-corrected chi connectivity index (χ3v) is 17.6. The number of aliphatic hydroxyl groups excluding tert-OH is 9. The maximum Gasteiger partial charge on any atom is 0.315 e. The van der Waals surface area contributed by atoms with E-state index in [9.17, 15) is 51.1 Å². The molecule has 0 unspecified atom stereocenters. The molecule has 57 heavy (non-hydrogen) atoms. The minimum atomic E-state index is -1.87. The molecule has 21 atom stereocenters. The van der Waals surface area contributed by atoms with Crippen molar-refractivity contribution in [2.45, 2.75) is 179 Å². The summed E-state index contributed by atoms with van der Waals surface area (Å²) in [5.41, 5.74) is -3.12. The summed E-state index contributed by atoms with van der Waals surface area (Å²) in [6.07, 6.45) is -11.7. The second-order valence-corrected chi connectivity index (χ2v) is 20.5. The topological polar surface area (TPSA) is 256 Å². The van der Waals surface area contributed by atoms with Crippen LogP contribution in [0.25, 0.3) is 0 Å². The molecule has 6 fully saturated rings. The molecule has 0 aromatic rings. The second-order valence-electron chi connectivity index (χ2n) is 20.5. The number of esters is 1. The minimum absolute atomic E-state index is 0.156. The summed E-state index contributed by atoms with van der Waals surface area (Å²) < 4.78 is 23.5. The Labute approximate surface area is 335 Å². The van der Waals surface area contributed by atoms with Crippen molar-refractivity contribution in [2.24, 2.45) is 50.7 Å². The van der Waals surface area contributed by atoms with Crippen molar-refractivity contribution in [1.29, 1.82) is 0 Å². The number of carbonyl (C=O) groups is 1. The Morgan fingerprint density at radius 3 is 2.02 bits per heavy atom. The zero-order valence-corrected chi connectivity index (χ0v) is 34.4. The van der Waals surface area contributed by atoms with Gasteiger partial charge in [0.25, 0.3) is 0 Å². The summed E-state index contributed by atoms with van der Waals surface area (Å²) in [5.74, 6) is -1.25. The molecule has 2 saturated heterocycles. The van der Waals surface area contributed by atoms with Gasteiger partial charge in [0, 0.05) is 5.92 Å². The Morgan fingerprint density at radius 1 is 0.772 bits per heavy atom. The monoisotopic (exact) mass is 812 g/mol.